The van der Waals surface area contributed by atoms with Crippen LogP contribution in [-0.2, 0) is 6.18 Å². The van der Waals surface area contributed by atoms with Crippen molar-refractivity contribution in [2.75, 3.05) is 23.3 Å². The van der Waals surface area contributed by atoms with E-state index >= 15 is 0 Å². The number of alkyl halides is 3. The number of rotatable bonds is 3. The second kappa shape index (κ2) is 7.37. The topological polar surface area (TPSA) is 32.3 Å². The molecule has 1 N–H and O–H groups in total. The van der Waals surface area contributed by atoms with Crippen molar-refractivity contribution in [1.82, 2.24) is 0 Å². The molecule has 3 rings (SSSR count). The van der Waals surface area contributed by atoms with Crippen molar-refractivity contribution in [2.45, 2.75) is 19.0 Å². The van der Waals surface area contributed by atoms with Gasteiger partial charge in [0.15, 0.2) is 0 Å². The highest BCUT2D eigenvalue weighted by molar-refractivity contribution is 6.36. The fourth-order valence-electron chi connectivity index (χ4n) is 2.91. The van der Waals surface area contributed by atoms with Gasteiger partial charge in [0.25, 0.3) is 5.91 Å². The zero-order valence-electron chi connectivity index (χ0n) is 13.5. The molecule has 0 unspecified atom stereocenters. The predicted molar refractivity (Wildman–Crippen MR) is 97.3 cm³/mol. The lowest BCUT2D eigenvalue weighted by Crippen LogP contribution is -2.22. The SMILES string of the molecule is O=C(Nc1cc(C(F)(F)F)ccc1N1CCCC1)c1cc(Cl)ccc1Cl. The van der Waals surface area contributed by atoms with Crippen LogP contribution >= 0.6 is 23.2 Å². The first-order valence-electron chi connectivity index (χ1n) is 7.98. The summed E-state index contributed by atoms with van der Waals surface area (Å²) in [6.07, 6.45) is -2.60. The molecule has 1 aliphatic heterocycles. The molecule has 1 fully saturated rings. The normalized spacial score (nSPS) is 14.6. The number of nitrogens with one attached hydrogen (secondary N) is 1. The number of anilines is 2. The molecular formula is C18H15Cl2F3N2O. The van der Waals surface area contributed by atoms with E-state index in [1.165, 1.54) is 24.3 Å². The summed E-state index contributed by atoms with van der Waals surface area (Å²) in [6, 6.07) is 7.73. The number of hydrogen-bond acceptors (Lipinski definition) is 2. The van der Waals surface area contributed by atoms with Crippen LogP contribution in [0.4, 0.5) is 24.5 Å². The summed E-state index contributed by atoms with van der Waals surface area (Å²) in [7, 11) is 0. The second-order valence-corrected chi connectivity index (χ2v) is 6.85. The number of hydrogen-bond donors (Lipinski definition) is 1. The first-order valence-corrected chi connectivity index (χ1v) is 8.74. The van der Waals surface area contributed by atoms with Crippen molar-refractivity contribution >= 4 is 40.5 Å². The Labute approximate surface area is 158 Å². The largest absolute Gasteiger partial charge is 0.416 e. The molecule has 0 radical (unpaired) electrons. The number of halogens is 5. The minimum Gasteiger partial charge on any atom is -0.370 e. The highest BCUT2D eigenvalue weighted by Gasteiger charge is 2.32. The van der Waals surface area contributed by atoms with E-state index < -0.39 is 17.6 Å². The van der Waals surface area contributed by atoms with Gasteiger partial charge < -0.3 is 10.2 Å². The molecule has 8 heteroatoms. The van der Waals surface area contributed by atoms with Gasteiger partial charge in [0.2, 0.25) is 0 Å². The Kier molecular flexibility index (Phi) is 5.34. The number of benzene rings is 2. The van der Waals surface area contributed by atoms with Gasteiger partial charge in [-0.15, -0.1) is 0 Å². The maximum atomic E-state index is 13.1. The van der Waals surface area contributed by atoms with Crippen molar-refractivity contribution in [1.29, 1.82) is 0 Å². The molecule has 0 bridgehead atoms. The van der Waals surface area contributed by atoms with Gasteiger partial charge in [0.1, 0.15) is 0 Å². The van der Waals surface area contributed by atoms with Crippen molar-refractivity contribution < 1.29 is 18.0 Å². The van der Waals surface area contributed by atoms with Gasteiger partial charge in [0, 0.05) is 18.1 Å². The van der Waals surface area contributed by atoms with E-state index in [-0.39, 0.29) is 16.3 Å². The summed E-state index contributed by atoms with van der Waals surface area (Å²) in [5.74, 6) is -0.614. The Morgan fingerprint density at radius 3 is 2.38 bits per heavy atom. The number of amides is 1. The number of nitrogens with zero attached hydrogens (tertiary/aromatic N) is 1. The summed E-state index contributed by atoms with van der Waals surface area (Å²) in [6.45, 7) is 1.46. The minimum atomic E-state index is -4.50. The number of carbonyl (C=O) groups excluding carboxylic acids is 1. The van der Waals surface area contributed by atoms with Crippen LogP contribution in [0.25, 0.3) is 0 Å². The highest BCUT2D eigenvalue weighted by atomic mass is 35.5. The molecular weight excluding hydrogens is 388 g/mol. The molecule has 0 spiro atoms. The van der Waals surface area contributed by atoms with E-state index in [1.807, 2.05) is 4.90 Å². The average Bonchev–Trinajstić information content (AvgIpc) is 3.10. The molecule has 1 heterocycles. The fraction of sp³-hybridized carbons (Fsp3) is 0.278. The first kappa shape index (κ1) is 18.9. The Balaban J connectivity index is 1.98. The third kappa shape index (κ3) is 4.07. The average molecular weight is 403 g/mol. The molecule has 26 heavy (non-hydrogen) atoms. The lowest BCUT2D eigenvalue weighted by molar-refractivity contribution is -0.137. The minimum absolute atomic E-state index is 0.0998. The van der Waals surface area contributed by atoms with Crippen LogP contribution < -0.4 is 10.2 Å². The highest BCUT2D eigenvalue weighted by Crippen LogP contribution is 2.37. The molecule has 3 nitrogen and oxygen atoms in total. The van der Waals surface area contributed by atoms with Crippen LogP contribution in [0, 0.1) is 0 Å². The van der Waals surface area contributed by atoms with Crippen molar-refractivity contribution in [3.05, 3.63) is 57.6 Å². The molecule has 2 aromatic carbocycles. The molecule has 0 aromatic heterocycles. The molecule has 0 aliphatic carbocycles. The van der Waals surface area contributed by atoms with Crippen LogP contribution in [0.3, 0.4) is 0 Å². The summed E-state index contributed by atoms with van der Waals surface area (Å²) < 4.78 is 39.3. The van der Waals surface area contributed by atoms with E-state index in [9.17, 15) is 18.0 Å². The Morgan fingerprint density at radius 2 is 1.73 bits per heavy atom. The fourth-order valence-corrected chi connectivity index (χ4v) is 3.28. The maximum absolute atomic E-state index is 13.1. The van der Waals surface area contributed by atoms with E-state index in [0.717, 1.165) is 38.1 Å². The Morgan fingerprint density at radius 1 is 1.04 bits per heavy atom. The smallest absolute Gasteiger partial charge is 0.370 e. The van der Waals surface area contributed by atoms with E-state index in [2.05, 4.69) is 5.32 Å². The second-order valence-electron chi connectivity index (χ2n) is 6.00. The van der Waals surface area contributed by atoms with E-state index in [4.69, 9.17) is 23.2 Å². The summed E-state index contributed by atoms with van der Waals surface area (Å²) in [5, 5.41) is 3.04. The predicted octanol–water partition coefficient (Wildman–Crippen LogP) is 5.86. The van der Waals surface area contributed by atoms with Crippen molar-refractivity contribution in [2.24, 2.45) is 0 Å². The van der Waals surface area contributed by atoms with E-state index in [0.29, 0.717) is 10.7 Å². The van der Waals surface area contributed by atoms with E-state index in [1.54, 1.807) is 0 Å². The molecule has 1 saturated heterocycles. The summed E-state index contributed by atoms with van der Waals surface area (Å²) >= 11 is 11.9. The van der Waals surface area contributed by atoms with Crippen molar-refractivity contribution in [3.8, 4) is 0 Å². The third-order valence-electron chi connectivity index (χ3n) is 4.19. The first-order chi connectivity index (χ1) is 12.3. The Bertz CT molecular complexity index is 834. The maximum Gasteiger partial charge on any atom is 0.416 e. The number of carbonyl (C=O) groups is 1. The zero-order valence-corrected chi connectivity index (χ0v) is 15.0. The molecule has 1 amide bonds. The monoisotopic (exact) mass is 402 g/mol. The molecule has 1 aliphatic rings. The van der Waals surface area contributed by atoms with Crippen LogP contribution in [0.1, 0.15) is 28.8 Å². The third-order valence-corrected chi connectivity index (χ3v) is 4.76. The van der Waals surface area contributed by atoms with Gasteiger partial charge in [0.05, 0.1) is 27.5 Å². The van der Waals surface area contributed by atoms with Gasteiger partial charge in [-0.25, -0.2) is 0 Å². The zero-order chi connectivity index (χ0) is 18.9. The van der Waals surface area contributed by atoms with Gasteiger partial charge in [-0.1, -0.05) is 23.2 Å². The van der Waals surface area contributed by atoms with Crippen LogP contribution in [0.15, 0.2) is 36.4 Å². The lowest BCUT2D eigenvalue weighted by Gasteiger charge is -2.23. The van der Waals surface area contributed by atoms with Crippen LogP contribution in [0.2, 0.25) is 10.0 Å². The molecule has 0 saturated carbocycles. The van der Waals surface area contributed by atoms with Crippen LogP contribution in [-0.4, -0.2) is 19.0 Å². The summed E-state index contributed by atoms with van der Waals surface area (Å²) in [5.41, 5.74) is -0.0679. The standard InChI is InChI=1S/C18H15Cl2F3N2O/c19-12-4-5-14(20)13(10-12)17(26)24-15-9-11(18(21,22)23)3-6-16(15)25-7-1-2-8-25/h3-6,9-10H,1-2,7-8H2,(H,24,26). The van der Waals surface area contributed by atoms with Gasteiger partial charge in [-0.05, 0) is 49.2 Å². The quantitative estimate of drug-likeness (QED) is 0.696. The molecule has 0 atom stereocenters. The molecule has 2 aromatic rings. The summed E-state index contributed by atoms with van der Waals surface area (Å²) in [4.78, 5) is 14.5. The molecule has 138 valence electrons. The van der Waals surface area contributed by atoms with Gasteiger partial charge >= 0.3 is 6.18 Å². The van der Waals surface area contributed by atoms with Gasteiger partial charge in [-0.3, -0.25) is 4.79 Å². The Hall–Kier alpha value is -1.92. The lowest BCUT2D eigenvalue weighted by atomic mass is 10.1. The van der Waals surface area contributed by atoms with Crippen molar-refractivity contribution in [3.63, 3.8) is 0 Å². The van der Waals surface area contributed by atoms with Gasteiger partial charge in [-0.2, -0.15) is 13.2 Å². The van der Waals surface area contributed by atoms with Crippen LogP contribution in [0.5, 0.6) is 0 Å².